The van der Waals surface area contributed by atoms with Gasteiger partial charge in [0.2, 0.25) is 6.10 Å². The van der Waals surface area contributed by atoms with E-state index in [1.807, 2.05) is 0 Å². The fraction of sp³-hybridized carbons (Fsp3) is 0.500. The van der Waals surface area contributed by atoms with E-state index >= 15 is 0 Å². The molecule has 0 radical (unpaired) electrons. The maximum Gasteiger partial charge on any atom is 0.351 e. The number of hydrogen-bond acceptors (Lipinski definition) is 8. The summed E-state index contributed by atoms with van der Waals surface area (Å²) in [4.78, 5) is 27.4. The van der Waals surface area contributed by atoms with Crippen LogP contribution in [-0.4, -0.2) is 45.5 Å². The standard InChI is InChI=1S/C14H19N3O6/c1-3-21-12(13(19)22-4-2)11-8(18)7-10(23-11)17-6-5-9(15)16-14(17)20/h3,5-6,8,10-12,18H,1,4,7H2,2H3,(H2,15,16,20)/t8-,10+,11-,12?/m0/s1. The zero-order valence-electron chi connectivity index (χ0n) is 12.6. The lowest BCUT2D eigenvalue weighted by atomic mass is 10.1. The first kappa shape index (κ1) is 17.0. The van der Waals surface area contributed by atoms with Gasteiger partial charge in [-0.25, -0.2) is 9.59 Å². The second-order valence-electron chi connectivity index (χ2n) is 4.88. The molecular weight excluding hydrogens is 306 g/mol. The van der Waals surface area contributed by atoms with Crippen LogP contribution in [0.4, 0.5) is 5.82 Å². The van der Waals surface area contributed by atoms with Crippen LogP contribution < -0.4 is 11.4 Å². The minimum atomic E-state index is -1.18. The van der Waals surface area contributed by atoms with Gasteiger partial charge in [0, 0.05) is 12.6 Å². The Bertz CT molecular complexity index is 631. The quantitative estimate of drug-likeness (QED) is 0.533. The first-order chi connectivity index (χ1) is 11.0. The number of nitrogens with zero attached hydrogens (tertiary/aromatic N) is 2. The summed E-state index contributed by atoms with van der Waals surface area (Å²) in [7, 11) is 0. The average Bonchev–Trinajstić information content (AvgIpc) is 2.86. The van der Waals surface area contributed by atoms with Crippen molar-refractivity contribution < 1.29 is 24.1 Å². The Morgan fingerprint density at radius 1 is 1.74 bits per heavy atom. The number of anilines is 1. The summed E-state index contributed by atoms with van der Waals surface area (Å²) in [6, 6.07) is 1.44. The van der Waals surface area contributed by atoms with Gasteiger partial charge in [-0.3, -0.25) is 4.57 Å². The first-order valence-electron chi connectivity index (χ1n) is 7.09. The Hall–Kier alpha value is -2.39. The molecule has 2 heterocycles. The molecule has 0 spiro atoms. The van der Waals surface area contributed by atoms with E-state index in [0.29, 0.717) is 0 Å². The van der Waals surface area contributed by atoms with E-state index in [4.69, 9.17) is 19.9 Å². The van der Waals surface area contributed by atoms with Gasteiger partial charge >= 0.3 is 11.7 Å². The lowest BCUT2D eigenvalue weighted by Crippen LogP contribution is -2.42. The number of aliphatic hydroxyl groups excluding tert-OH is 1. The van der Waals surface area contributed by atoms with Crippen LogP contribution in [0.1, 0.15) is 19.6 Å². The first-order valence-corrected chi connectivity index (χ1v) is 7.09. The Kier molecular flexibility index (Phi) is 5.35. The third-order valence-electron chi connectivity index (χ3n) is 3.36. The van der Waals surface area contributed by atoms with Crippen LogP contribution in [-0.2, 0) is 19.0 Å². The highest BCUT2D eigenvalue weighted by atomic mass is 16.6. The lowest BCUT2D eigenvalue weighted by molar-refractivity contribution is -0.167. The van der Waals surface area contributed by atoms with Gasteiger partial charge in [-0.2, -0.15) is 4.98 Å². The van der Waals surface area contributed by atoms with Gasteiger partial charge in [0.25, 0.3) is 0 Å². The van der Waals surface area contributed by atoms with Crippen molar-refractivity contribution in [3.8, 4) is 0 Å². The molecule has 1 aromatic rings. The zero-order valence-corrected chi connectivity index (χ0v) is 12.6. The maximum absolute atomic E-state index is 11.9. The van der Waals surface area contributed by atoms with Crippen molar-refractivity contribution >= 4 is 11.8 Å². The summed E-state index contributed by atoms with van der Waals surface area (Å²) in [6.45, 7) is 5.20. The van der Waals surface area contributed by atoms with Crippen LogP contribution in [0.25, 0.3) is 0 Å². The van der Waals surface area contributed by atoms with Gasteiger partial charge in [-0.1, -0.05) is 6.58 Å². The molecule has 23 heavy (non-hydrogen) atoms. The van der Waals surface area contributed by atoms with Crippen LogP contribution in [0.2, 0.25) is 0 Å². The lowest BCUT2D eigenvalue weighted by Gasteiger charge is -2.23. The van der Waals surface area contributed by atoms with Crippen LogP contribution in [0.3, 0.4) is 0 Å². The normalized spacial score (nSPS) is 24.9. The smallest absolute Gasteiger partial charge is 0.351 e. The number of nitrogen functional groups attached to an aromatic ring is 1. The highest BCUT2D eigenvalue weighted by molar-refractivity contribution is 5.75. The molecule has 0 bridgehead atoms. The predicted octanol–water partition coefficient (Wildman–Crippen LogP) is -0.434. The van der Waals surface area contributed by atoms with Crippen molar-refractivity contribution in [2.24, 2.45) is 0 Å². The molecule has 4 atom stereocenters. The summed E-state index contributed by atoms with van der Waals surface area (Å²) in [5.41, 5.74) is 4.82. The molecule has 0 aliphatic carbocycles. The molecule has 1 unspecified atom stereocenters. The van der Waals surface area contributed by atoms with Crippen molar-refractivity contribution in [1.29, 1.82) is 0 Å². The Balaban J connectivity index is 2.20. The molecule has 1 saturated heterocycles. The van der Waals surface area contributed by atoms with Crippen LogP contribution >= 0.6 is 0 Å². The van der Waals surface area contributed by atoms with Gasteiger partial charge in [0.1, 0.15) is 18.1 Å². The Morgan fingerprint density at radius 2 is 2.48 bits per heavy atom. The zero-order chi connectivity index (χ0) is 17.0. The van der Waals surface area contributed by atoms with E-state index < -0.39 is 36.2 Å². The van der Waals surface area contributed by atoms with E-state index in [1.54, 1.807) is 6.92 Å². The van der Waals surface area contributed by atoms with E-state index in [0.717, 1.165) is 6.26 Å². The Labute approximate surface area is 132 Å². The largest absolute Gasteiger partial charge is 0.484 e. The number of nitrogens with two attached hydrogens (primary N) is 1. The molecule has 1 aromatic heterocycles. The molecule has 1 aliphatic rings. The molecule has 0 aromatic carbocycles. The third-order valence-corrected chi connectivity index (χ3v) is 3.36. The molecule has 1 fully saturated rings. The topological polar surface area (TPSA) is 126 Å². The average molecular weight is 325 g/mol. The van der Waals surface area contributed by atoms with Gasteiger partial charge < -0.3 is 25.1 Å². The number of carbonyl (C=O) groups is 1. The van der Waals surface area contributed by atoms with E-state index in [9.17, 15) is 14.7 Å². The summed E-state index contributed by atoms with van der Waals surface area (Å²) in [5, 5.41) is 10.2. The number of rotatable bonds is 6. The van der Waals surface area contributed by atoms with Gasteiger partial charge in [-0.15, -0.1) is 0 Å². The van der Waals surface area contributed by atoms with Crippen molar-refractivity contribution in [3.63, 3.8) is 0 Å². The van der Waals surface area contributed by atoms with Crippen LogP contribution in [0.15, 0.2) is 29.9 Å². The van der Waals surface area contributed by atoms with Gasteiger partial charge in [0.15, 0.2) is 0 Å². The SMILES string of the molecule is C=COC(C(=O)OCC)[C@H]1O[C@@H](n2ccc(N)nc2=O)C[C@@H]1O. The second-order valence-corrected chi connectivity index (χ2v) is 4.88. The minimum absolute atomic E-state index is 0.0840. The monoisotopic (exact) mass is 325 g/mol. The van der Waals surface area contributed by atoms with Crippen LogP contribution in [0.5, 0.6) is 0 Å². The third kappa shape index (κ3) is 3.69. The van der Waals surface area contributed by atoms with Crippen LogP contribution in [0, 0.1) is 0 Å². The summed E-state index contributed by atoms with van der Waals surface area (Å²) in [6.07, 6.45) is -1.42. The molecular formula is C14H19N3O6. The molecule has 126 valence electrons. The number of ether oxygens (including phenoxy) is 3. The highest BCUT2D eigenvalue weighted by Gasteiger charge is 2.45. The van der Waals surface area contributed by atoms with Gasteiger partial charge in [0.05, 0.1) is 19.0 Å². The predicted molar refractivity (Wildman–Crippen MR) is 79.1 cm³/mol. The van der Waals surface area contributed by atoms with Crippen molar-refractivity contribution in [2.45, 2.75) is 37.9 Å². The molecule has 9 heteroatoms. The number of hydrogen-bond donors (Lipinski definition) is 2. The van der Waals surface area contributed by atoms with Crippen molar-refractivity contribution in [2.75, 3.05) is 12.3 Å². The fourth-order valence-corrected chi connectivity index (χ4v) is 2.36. The Morgan fingerprint density at radius 3 is 3.09 bits per heavy atom. The molecule has 2 rings (SSSR count). The van der Waals surface area contributed by atoms with E-state index in [2.05, 4.69) is 11.6 Å². The molecule has 1 aliphatic heterocycles. The molecule has 0 saturated carbocycles. The minimum Gasteiger partial charge on any atom is -0.484 e. The summed E-state index contributed by atoms with van der Waals surface area (Å²) >= 11 is 0. The van der Waals surface area contributed by atoms with Crippen molar-refractivity contribution in [1.82, 2.24) is 9.55 Å². The second kappa shape index (κ2) is 7.25. The number of carbonyl (C=O) groups excluding carboxylic acids is 1. The molecule has 0 amide bonds. The number of aliphatic hydroxyl groups is 1. The highest BCUT2D eigenvalue weighted by Crippen LogP contribution is 2.31. The fourth-order valence-electron chi connectivity index (χ4n) is 2.36. The summed E-state index contributed by atoms with van der Waals surface area (Å²) in [5.74, 6) is -0.597. The van der Waals surface area contributed by atoms with E-state index in [1.165, 1.54) is 16.8 Å². The maximum atomic E-state index is 11.9. The summed E-state index contributed by atoms with van der Waals surface area (Å²) < 4.78 is 16.8. The number of aromatic nitrogens is 2. The van der Waals surface area contributed by atoms with Gasteiger partial charge in [-0.05, 0) is 13.0 Å². The number of esters is 1. The molecule has 3 N–H and O–H groups in total. The van der Waals surface area contributed by atoms with Crippen molar-refractivity contribution in [3.05, 3.63) is 35.6 Å². The van der Waals surface area contributed by atoms with E-state index in [-0.39, 0.29) is 18.8 Å². The molecule has 9 nitrogen and oxygen atoms in total.